The number of rotatable bonds is 3. The van der Waals surface area contributed by atoms with E-state index in [2.05, 4.69) is 5.32 Å². The SMILES string of the molecule is Cc1ccc([C@@H](CC(F)(F)F)N2CCNCC2)c(O)c1.Cl.Cl. The second kappa shape index (κ2) is 8.82. The summed E-state index contributed by atoms with van der Waals surface area (Å²) in [4.78, 5) is 1.79. The van der Waals surface area contributed by atoms with Crippen LogP contribution in [0, 0.1) is 6.92 Å². The Balaban J connectivity index is 0.00000220. The van der Waals surface area contributed by atoms with E-state index in [1.54, 1.807) is 24.0 Å². The van der Waals surface area contributed by atoms with E-state index in [0.29, 0.717) is 31.7 Å². The predicted octanol–water partition coefficient (Wildman–Crippen LogP) is 3.44. The maximum absolute atomic E-state index is 12.8. The smallest absolute Gasteiger partial charge is 0.390 e. The zero-order valence-electron chi connectivity index (χ0n) is 12.2. The third-order valence-electron chi connectivity index (χ3n) is 3.56. The molecule has 0 aliphatic carbocycles. The molecule has 1 aliphatic heterocycles. The third kappa shape index (κ3) is 5.83. The molecule has 1 aromatic carbocycles. The van der Waals surface area contributed by atoms with Crippen LogP contribution in [-0.2, 0) is 0 Å². The van der Waals surface area contributed by atoms with E-state index in [0.717, 1.165) is 5.56 Å². The molecule has 1 fully saturated rings. The van der Waals surface area contributed by atoms with E-state index < -0.39 is 18.6 Å². The van der Waals surface area contributed by atoms with Crippen molar-refractivity contribution in [2.45, 2.75) is 25.6 Å². The lowest BCUT2D eigenvalue weighted by molar-refractivity contribution is -0.148. The number of aromatic hydroxyl groups is 1. The molecule has 0 bridgehead atoms. The van der Waals surface area contributed by atoms with Crippen molar-refractivity contribution in [1.82, 2.24) is 10.2 Å². The fourth-order valence-corrected chi connectivity index (χ4v) is 2.58. The van der Waals surface area contributed by atoms with E-state index in [4.69, 9.17) is 0 Å². The topological polar surface area (TPSA) is 35.5 Å². The minimum Gasteiger partial charge on any atom is -0.508 e. The van der Waals surface area contributed by atoms with Crippen LogP contribution in [0.4, 0.5) is 13.2 Å². The Morgan fingerprint density at radius 1 is 1.23 bits per heavy atom. The van der Waals surface area contributed by atoms with Crippen LogP contribution in [0.15, 0.2) is 18.2 Å². The van der Waals surface area contributed by atoms with Gasteiger partial charge in [0.15, 0.2) is 0 Å². The van der Waals surface area contributed by atoms with Crippen LogP contribution in [0.1, 0.15) is 23.6 Å². The molecule has 3 nitrogen and oxygen atoms in total. The molecule has 0 spiro atoms. The molecule has 1 saturated heterocycles. The van der Waals surface area contributed by atoms with Gasteiger partial charge in [0.05, 0.1) is 6.42 Å². The fraction of sp³-hybridized carbons (Fsp3) is 0.571. The van der Waals surface area contributed by atoms with Gasteiger partial charge in [-0.3, -0.25) is 4.90 Å². The van der Waals surface area contributed by atoms with Crippen LogP contribution in [0.5, 0.6) is 5.75 Å². The standard InChI is InChI=1S/C14H19F3N2O.2ClH/c1-10-2-3-11(13(20)8-10)12(9-14(15,16)17)19-6-4-18-5-7-19;;/h2-3,8,12,18,20H,4-7,9H2,1H3;2*1H/t12-;;/m1../s1. The number of aryl methyl sites for hydroxylation is 1. The van der Waals surface area contributed by atoms with Gasteiger partial charge in [0.2, 0.25) is 0 Å². The van der Waals surface area contributed by atoms with Crippen LogP contribution in [0.3, 0.4) is 0 Å². The third-order valence-corrected chi connectivity index (χ3v) is 3.56. The molecule has 0 saturated carbocycles. The number of piperazine rings is 1. The van der Waals surface area contributed by atoms with E-state index in [1.807, 2.05) is 0 Å². The predicted molar refractivity (Wildman–Crippen MR) is 85.2 cm³/mol. The highest BCUT2D eigenvalue weighted by atomic mass is 35.5. The second-order valence-corrected chi connectivity index (χ2v) is 5.18. The number of phenolic OH excluding ortho intramolecular Hbond substituents is 1. The zero-order valence-corrected chi connectivity index (χ0v) is 13.8. The van der Waals surface area contributed by atoms with Crippen molar-refractivity contribution in [3.63, 3.8) is 0 Å². The summed E-state index contributed by atoms with van der Waals surface area (Å²) < 4.78 is 38.5. The number of benzene rings is 1. The molecule has 0 amide bonds. The quantitative estimate of drug-likeness (QED) is 0.866. The Hall–Kier alpha value is -0.690. The molecule has 0 aromatic heterocycles. The largest absolute Gasteiger partial charge is 0.508 e. The van der Waals surface area contributed by atoms with Crippen molar-refractivity contribution < 1.29 is 18.3 Å². The maximum Gasteiger partial charge on any atom is 0.390 e. The van der Waals surface area contributed by atoms with Crippen LogP contribution < -0.4 is 5.32 Å². The zero-order chi connectivity index (χ0) is 14.8. The number of halogens is 5. The lowest BCUT2D eigenvalue weighted by atomic mass is 9.98. The number of nitrogens with zero attached hydrogens (tertiary/aromatic N) is 1. The van der Waals surface area contributed by atoms with E-state index in [1.165, 1.54) is 6.07 Å². The van der Waals surface area contributed by atoms with Crippen LogP contribution in [0.2, 0.25) is 0 Å². The molecular weight excluding hydrogens is 340 g/mol. The van der Waals surface area contributed by atoms with Gasteiger partial charge in [-0.2, -0.15) is 13.2 Å². The first-order chi connectivity index (χ1) is 9.37. The maximum atomic E-state index is 12.8. The number of nitrogens with one attached hydrogen (secondary N) is 1. The van der Waals surface area contributed by atoms with Crippen molar-refractivity contribution in [2.24, 2.45) is 0 Å². The fourth-order valence-electron chi connectivity index (χ4n) is 2.58. The van der Waals surface area contributed by atoms with Crippen molar-refractivity contribution in [1.29, 1.82) is 0 Å². The number of phenols is 1. The molecular formula is C14H21Cl2F3N2O. The molecule has 1 aromatic rings. The summed E-state index contributed by atoms with van der Waals surface area (Å²) in [6, 6.07) is 4.03. The summed E-state index contributed by atoms with van der Waals surface area (Å²) in [6.07, 6.45) is -5.20. The average Bonchev–Trinajstić information content (AvgIpc) is 2.36. The molecule has 2 rings (SSSR count). The van der Waals surface area contributed by atoms with Gasteiger partial charge in [0, 0.05) is 37.8 Å². The Labute approximate surface area is 140 Å². The molecule has 1 heterocycles. The van der Waals surface area contributed by atoms with Gasteiger partial charge in [0.1, 0.15) is 5.75 Å². The highest BCUT2D eigenvalue weighted by Gasteiger charge is 2.36. The number of alkyl halides is 3. The molecule has 8 heteroatoms. The van der Waals surface area contributed by atoms with Crippen LogP contribution in [-0.4, -0.2) is 42.4 Å². The normalized spacial score (nSPS) is 17.3. The Morgan fingerprint density at radius 2 is 1.82 bits per heavy atom. The summed E-state index contributed by atoms with van der Waals surface area (Å²) in [7, 11) is 0. The highest BCUT2D eigenvalue weighted by molar-refractivity contribution is 5.85. The lowest BCUT2D eigenvalue weighted by Gasteiger charge is -2.36. The summed E-state index contributed by atoms with van der Waals surface area (Å²) in [6.45, 7) is 4.23. The van der Waals surface area contributed by atoms with Crippen molar-refractivity contribution in [3.05, 3.63) is 29.3 Å². The van der Waals surface area contributed by atoms with E-state index in [9.17, 15) is 18.3 Å². The van der Waals surface area contributed by atoms with Gasteiger partial charge in [0.25, 0.3) is 0 Å². The van der Waals surface area contributed by atoms with Crippen LogP contribution >= 0.6 is 24.8 Å². The van der Waals surface area contributed by atoms with Gasteiger partial charge in [-0.1, -0.05) is 12.1 Å². The molecule has 1 aliphatic rings. The highest BCUT2D eigenvalue weighted by Crippen LogP contribution is 2.37. The monoisotopic (exact) mass is 360 g/mol. The lowest BCUT2D eigenvalue weighted by Crippen LogP contribution is -2.46. The molecule has 0 radical (unpaired) electrons. The first kappa shape index (κ1) is 21.3. The summed E-state index contributed by atoms with van der Waals surface area (Å²) in [5, 5.41) is 13.1. The van der Waals surface area contributed by atoms with Gasteiger partial charge in [-0.05, 0) is 18.6 Å². The van der Waals surface area contributed by atoms with Gasteiger partial charge < -0.3 is 10.4 Å². The van der Waals surface area contributed by atoms with Gasteiger partial charge in [-0.25, -0.2) is 0 Å². The number of hydrogen-bond donors (Lipinski definition) is 2. The molecule has 1 atom stereocenters. The van der Waals surface area contributed by atoms with Crippen molar-refractivity contribution >= 4 is 24.8 Å². The molecule has 128 valence electrons. The second-order valence-electron chi connectivity index (χ2n) is 5.18. The van der Waals surface area contributed by atoms with Crippen molar-refractivity contribution in [3.8, 4) is 5.75 Å². The van der Waals surface area contributed by atoms with Crippen LogP contribution in [0.25, 0.3) is 0 Å². The van der Waals surface area contributed by atoms with Crippen molar-refractivity contribution in [2.75, 3.05) is 26.2 Å². The molecule has 2 N–H and O–H groups in total. The number of hydrogen-bond acceptors (Lipinski definition) is 3. The van der Waals surface area contributed by atoms with Gasteiger partial charge in [-0.15, -0.1) is 24.8 Å². The summed E-state index contributed by atoms with van der Waals surface area (Å²) in [5.41, 5.74) is 1.19. The molecule has 22 heavy (non-hydrogen) atoms. The summed E-state index contributed by atoms with van der Waals surface area (Å²) in [5.74, 6) is -0.0576. The first-order valence-electron chi connectivity index (χ1n) is 6.68. The average molecular weight is 361 g/mol. The van der Waals surface area contributed by atoms with Gasteiger partial charge >= 0.3 is 6.18 Å². The van der Waals surface area contributed by atoms with E-state index >= 15 is 0 Å². The minimum absolute atomic E-state index is 0. The Morgan fingerprint density at radius 3 is 2.32 bits per heavy atom. The van der Waals surface area contributed by atoms with E-state index in [-0.39, 0.29) is 30.6 Å². The summed E-state index contributed by atoms with van der Waals surface area (Å²) >= 11 is 0. The minimum atomic E-state index is -4.26. The Bertz CT molecular complexity index is 466. The molecule has 0 unspecified atom stereocenters. The first-order valence-corrected chi connectivity index (χ1v) is 6.68. The Kier molecular flexibility index (Phi) is 8.54.